The van der Waals surface area contributed by atoms with Crippen LogP contribution in [0, 0.1) is 0 Å². The van der Waals surface area contributed by atoms with Crippen molar-refractivity contribution in [1.82, 2.24) is 0 Å². The van der Waals surface area contributed by atoms with Gasteiger partial charge in [0.05, 0.1) is 0 Å². The Hall–Kier alpha value is -3.15. The summed E-state index contributed by atoms with van der Waals surface area (Å²) in [7, 11) is 0. The van der Waals surface area contributed by atoms with Crippen molar-refractivity contribution in [3.8, 4) is 0 Å². The highest BCUT2D eigenvalue weighted by atomic mass is 16.6. The van der Waals surface area contributed by atoms with E-state index in [1.807, 2.05) is 0 Å². The molecule has 0 bridgehead atoms. The number of rotatable bonds is 47. The van der Waals surface area contributed by atoms with Gasteiger partial charge in [-0.25, -0.2) is 0 Å². The van der Waals surface area contributed by atoms with Crippen LogP contribution in [0.25, 0.3) is 0 Å². The van der Waals surface area contributed by atoms with Gasteiger partial charge in [-0.15, -0.1) is 0 Å². The molecule has 0 fully saturated rings. The molecule has 1 atom stereocenters. The first-order valence-electron chi connectivity index (χ1n) is 26.4. The van der Waals surface area contributed by atoms with Crippen LogP contribution in [0.5, 0.6) is 0 Å². The van der Waals surface area contributed by atoms with Gasteiger partial charge in [-0.2, -0.15) is 0 Å². The fourth-order valence-corrected chi connectivity index (χ4v) is 7.29. The molecular formula is C57H98O6. The van der Waals surface area contributed by atoms with E-state index in [0.29, 0.717) is 19.3 Å². The first-order chi connectivity index (χ1) is 31.0. The van der Waals surface area contributed by atoms with E-state index in [2.05, 4.69) is 93.7 Å². The molecular weight excluding hydrogens is 781 g/mol. The molecule has 0 N–H and O–H groups in total. The van der Waals surface area contributed by atoms with Crippen LogP contribution < -0.4 is 0 Å². The van der Waals surface area contributed by atoms with E-state index >= 15 is 0 Å². The van der Waals surface area contributed by atoms with Crippen molar-refractivity contribution < 1.29 is 28.6 Å². The summed E-state index contributed by atoms with van der Waals surface area (Å²) in [5, 5.41) is 0. The molecule has 0 aliphatic carbocycles. The molecule has 0 aromatic heterocycles. The van der Waals surface area contributed by atoms with Crippen molar-refractivity contribution in [3.05, 3.63) is 72.9 Å². The van der Waals surface area contributed by atoms with E-state index in [-0.39, 0.29) is 31.1 Å². The topological polar surface area (TPSA) is 78.9 Å². The van der Waals surface area contributed by atoms with Crippen LogP contribution in [-0.2, 0) is 28.6 Å². The molecule has 0 rings (SSSR count). The molecule has 6 heteroatoms. The first-order valence-corrected chi connectivity index (χ1v) is 26.4. The Bertz CT molecular complexity index is 1190. The maximum Gasteiger partial charge on any atom is 0.306 e. The van der Waals surface area contributed by atoms with Crippen molar-refractivity contribution in [3.63, 3.8) is 0 Å². The third kappa shape index (κ3) is 49.7. The van der Waals surface area contributed by atoms with Crippen LogP contribution >= 0.6 is 0 Å². The number of ether oxygens (including phenoxy) is 3. The van der Waals surface area contributed by atoms with Gasteiger partial charge < -0.3 is 14.2 Å². The van der Waals surface area contributed by atoms with Crippen molar-refractivity contribution >= 4 is 17.9 Å². The van der Waals surface area contributed by atoms with Gasteiger partial charge in [0.25, 0.3) is 0 Å². The quantitative estimate of drug-likeness (QED) is 0.0262. The lowest BCUT2D eigenvalue weighted by Gasteiger charge is -2.18. The summed E-state index contributed by atoms with van der Waals surface area (Å²) in [6.45, 7) is 6.38. The number of hydrogen-bond acceptors (Lipinski definition) is 6. The maximum absolute atomic E-state index is 12.8. The van der Waals surface area contributed by atoms with Crippen LogP contribution in [0.3, 0.4) is 0 Å². The molecule has 63 heavy (non-hydrogen) atoms. The highest BCUT2D eigenvalue weighted by Gasteiger charge is 2.19. The second kappa shape index (κ2) is 51.5. The van der Waals surface area contributed by atoms with Gasteiger partial charge in [-0.3, -0.25) is 14.4 Å². The minimum atomic E-state index is -0.790. The largest absolute Gasteiger partial charge is 0.462 e. The molecule has 0 spiro atoms. The zero-order valence-corrected chi connectivity index (χ0v) is 41.3. The minimum absolute atomic E-state index is 0.0888. The normalized spacial score (nSPS) is 12.6. The molecule has 1 unspecified atom stereocenters. The Morgan fingerprint density at radius 1 is 0.333 bits per heavy atom. The van der Waals surface area contributed by atoms with Crippen molar-refractivity contribution in [2.24, 2.45) is 0 Å². The minimum Gasteiger partial charge on any atom is -0.462 e. The van der Waals surface area contributed by atoms with Crippen LogP contribution in [0.4, 0.5) is 0 Å². The Labute approximate surface area is 389 Å². The lowest BCUT2D eigenvalue weighted by molar-refractivity contribution is -0.167. The van der Waals surface area contributed by atoms with Gasteiger partial charge in [0.2, 0.25) is 0 Å². The number of esters is 3. The van der Waals surface area contributed by atoms with Crippen molar-refractivity contribution in [2.45, 2.75) is 258 Å². The zero-order chi connectivity index (χ0) is 45.8. The summed E-state index contributed by atoms with van der Waals surface area (Å²) >= 11 is 0. The number of allylic oxidation sites excluding steroid dienone is 12. The lowest BCUT2D eigenvalue weighted by Crippen LogP contribution is -2.30. The summed E-state index contributed by atoms with van der Waals surface area (Å²) < 4.78 is 16.8. The Kier molecular flexibility index (Phi) is 48.9. The van der Waals surface area contributed by atoms with Gasteiger partial charge in [-0.05, 0) is 83.5 Å². The van der Waals surface area contributed by atoms with Crippen LogP contribution in [0.15, 0.2) is 72.9 Å². The second-order valence-corrected chi connectivity index (χ2v) is 17.4. The Morgan fingerprint density at radius 3 is 1.00 bits per heavy atom. The number of unbranched alkanes of at least 4 members (excludes halogenated alkanes) is 24. The second-order valence-electron chi connectivity index (χ2n) is 17.4. The van der Waals surface area contributed by atoms with Gasteiger partial charge in [-0.1, -0.05) is 222 Å². The molecule has 0 aromatic rings. The number of carbonyl (C=O) groups is 3. The molecule has 0 aliphatic rings. The van der Waals surface area contributed by atoms with Gasteiger partial charge in [0.15, 0.2) is 6.10 Å². The van der Waals surface area contributed by atoms with E-state index in [1.165, 1.54) is 116 Å². The van der Waals surface area contributed by atoms with E-state index in [4.69, 9.17) is 14.2 Å². The molecule has 0 radical (unpaired) electrons. The molecule has 362 valence electrons. The molecule has 0 aromatic carbocycles. The van der Waals surface area contributed by atoms with Crippen molar-refractivity contribution in [2.75, 3.05) is 13.2 Å². The standard InChI is InChI=1S/C57H98O6/c1-4-7-10-13-16-19-22-25-27-28-29-30-31-33-35-38-41-44-47-50-56(59)62-53-54(52-61-55(58)49-46-43-40-37-34-24-21-18-15-12-9-6-3)63-57(60)51-48-45-42-39-36-32-26-23-20-17-14-11-8-5-2/h7,9-10,12,16,18-19,21,25,27,34,37,54H,4-6,8,11,13-15,17,20,22-24,26,28-33,35-36,38-53H2,1-3H3/b10-7-,12-9-,19-16-,21-18-,27-25-,37-34-. The molecule has 0 saturated carbocycles. The monoisotopic (exact) mass is 879 g/mol. The summed E-state index contributed by atoms with van der Waals surface area (Å²) in [5.41, 5.74) is 0. The number of hydrogen-bond donors (Lipinski definition) is 0. The van der Waals surface area contributed by atoms with Crippen LogP contribution in [0.1, 0.15) is 252 Å². The van der Waals surface area contributed by atoms with E-state index in [9.17, 15) is 14.4 Å². The fourth-order valence-electron chi connectivity index (χ4n) is 7.29. The Balaban J connectivity index is 4.37. The van der Waals surface area contributed by atoms with Gasteiger partial charge in [0, 0.05) is 19.3 Å². The fraction of sp³-hybridized carbons (Fsp3) is 0.737. The van der Waals surface area contributed by atoms with E-state index in [0.717, 1.165) is 96.3 Å². The number of carbonyl (C=O) groups excluding carboxylic acids is 3. The first kappa shape index (κ1) is 59.9. The average Bonchev–Trinajstić information content (AvgIpc) is 3.28. The third-order valence-corrected chi connectivity index (χ3v) is 11.2. The molecule has 0 aliphatic heterocycles. The van der Waals surface area contributed by atoms with Crippen LogP contribution in [0.2, 0.25) is 0 Å². The zero-order valence-electron chi connectivity index (χ0n) is 41.3. The summed E-state index contributed by atoms with van der Waals surface area (Å²) in [5.74, 6) is -0.930. The van der Waals surface area contributed by atoms with E-state index in [1.54, 1.807) is 0 Å². The third-order valence-electron chi connectivity index (χ3n) is 11.2. The lowest BCUT2D eigenvalue weighted by atomic mass is 10.0. The Morgan fingerprint density at radius 2 is 0.619 bits per heavy atom. The molecule has 0 heterocycles. The average molecular weight is 879 g/mol. The SMILES string of the molecule is CC/C=C\C/C=C\C/C=C\CCCCCCCCCCCC(=O)OCC(COC(=O)CCCC/C=C\C/C=C\C/C=C\CC)OC(=O)CCCCCCCCCCCCCCCC. The predicted molar refractivity (Wildman–Crippen MR) is 270 cm³/mol. The molecule has 0 saturated heterocycles. The molecule has 0 amide bonds. The van der Waals surface area contributed by atoms with Crippen LogP contribution in [-0.4, -0.2) is 37.2 Å². The molecule has 6 nitrogen and oxygen atoms in total. The predicted octanol–water partition coefficient (Wildman–Crippen LogP) is 17.4. The summed E-state index contributed by atoms with van der Waals surface area (Å²) in [4.78, 5) is 38.0. The summed E-state index contributed by atoms with van der Waals surface area (Å²) in [6.07, 6.45) is 64.6. The van der Waals surface area contributed by atoms with E-state index < -0.39 is 6.10 Å². The van der Waals surface area contributed by atoms with Gasteiger partial charge in [0.1, 0.15) is 13.2 Å². The smallest absolute Gasteiger partial charge is 0.306 e. The van der Waals surface area contributed by atoms with Gasteiger partial charge >= 0.3 is 17.9 Å². The maximum atomic E-state index is 12.8. The van der Waals surface area contributed by atoms with Crippen molar-refractivity contribution in [1.29, 1.82) is 0 Å². The highest BCUT2D eigenvalue weighted by Crippen LogP contribution is 2.15. The highest BCUT2D eigenvalue weighted by molar-refractivity contribution is 5.71. The summed E-state index contributed by atoms with van der Waals surface area (Å²) in [6, 6.07) is 0.